The van der Waals surface area contributed by atoms with Gasteiger partial charge in [0.2, 0.25) is 17.7 Å². The van der Waals surface area contributed by atoms with E-state index in [1.807, 2.05) is 18.2 Å². The Morgan fingerprint density at radius 2 is 1.59 bits per heavy atom. The molecule has 0 aliphatic carbocycles. The van der Waals surface area contributed by atoms with Crippen LogP contribution >= 0.6 is 0 Å². The molecule has 2 atom stereocenters. The van der Waals surface area contributed by atoms with Gasteiger partial charge in [0.15, 0.2) is 0 Å². The van der Waals surface area contributed by atoms with Crippen LogP contribution in [0.15, 0.2) is 60.8 Å². The van der Waals surface area contributed by atoms with Crippen LogP contribution in [0, 0.1) is 0 Å². The summed E-state index contributed by atoms with van der Waals surface area (Å²) in [5, 5.41) is 8.50. The van der Waals surface area contributed by atoms with Crippen molar-refractivity contribution < 1.29 is 27.6 Å². The molecule has 3 rings (SSSR count). The van der Waals surface area contributed by atoms with Gasteiger partial charge in [-0.25, -0.2) is 0 Å². The summed E-state index contributed by atoms with van der Waals surface area (Å²) in [5.74, 6) is -2.00. The lowest BCUT2D eigenvalue weighted by atomic mass is 10.0. The Kier molecular flexibility index (Phi) is 9.93. The van der Waals surface area contributed by atoms with Gasteiger partial charge >= 0.3 is 6.18 Å². The van der Waals surface area contributed by atoms with Crippen LogP contribution in [0.1, 0.15) is 17.5 Å². The summed E-state index contributed by atoms with van der Waals surface area (Å²) < 4.78 is 38.9. The number of carbonyl (C=O) groups is 3. The minimum absolute atomic E-state index is 0.0999. The fourth-order valence-electron chi connectivity index (χ4n) is 3.72. The van der Waals surface area contributed by atoms with Crippen LogP contribution in [0.5, 0.6) is 0 Å². The number of carbonyl (C=O) groups excluding carboxylic acids is 3. The van der Waals surface area contributed by atoms with Crippen molar-refractivity contribution in [3.8, 4) is 0 Å². The standard InChI is InChI=1S/C26H30F3N7O3/c27-26(28,29)17-7-5-15(6-8-17)9-22(36-24(38)20(32)11-23(37)34-19(12-30)13-31)25(39)35-18-10-16-3-1-2-4-21(16)33-14-18/h1-8,10,14,19-20,22H,9,11-13,30-32H2,(H,34,37)(H,35,39)(H,36,38)/t20-,22-/m0/s1. The van der Waals surface area contributed by atoms with Crippen LogP contribution in [-0.2, 0) is 27.0 Å². The van der Waals surface area contributed by atoms with Crippen molar-refractivity contribution in [3.05, 3.63) is 71.9 Å². The molecule has 0 bridgehead atoms. The molecule has 0 unspecified atom stereocenters. The Labute approximate surface area is 222 Å². The summed E-state index contributed by atoms with van der Waals surface area (Å²) in [6.07, 6.45) is -3.62. The third-order valence-electron chi connectivity index (χ3n) is 5.89. The molecule has 0 saturated carbocycles. The first-order chi connectivity index (χ1) is 18.5. The number of hydrogen-bond donors (Lipinski definition) is 6. The molecule has 10 nitrogen and oxygen atoms in total. The SMILES string of the molecule is NCC(CN)NC(=O)C[C@H](N)C(=O)N[C@@H](Cc1ccc(C(F)(F)F)cc1)C(=O)Nc1cnc2ccccc2c1. The van der Waals surface area contributed by atoms with Gasteiger partial charge in [-0.05, 0) is 29.8 Å². The molecule has 9 N–H and O–H groups in total. The highest BCUT2D eigenvalue weighted by molar-refractivity contribution is 5.99. The molecule has 1 heterocycles. The zero-order valence-electron chi connectivity index (χ0n) is 20.9. The molecule has 1 aromatic heterocycles. The van der Waals surface area contributed by atoms with E-state index in [1.165, 1.54) is 18.3 Å². The van der Waals surface area contributed by atoms with E-state index in [1.54, 1.807) is 12.1 Å². The van der Waals surface area contributed by atoms with Gasteiger partial charge in [-0.3, -0.25) is 19.4 Å². The molecule has 3 amide bonds. The number of nitrogens with two attached hydrogens (primary N) is 3. The maximum Gasteiger partial charge on any atom is 0.416 e. The van der Waals surface area contributed by atoms with Gasteiger partial charge in [-0.1, -0.05) is 30.3 Å². The van der Waals surface area contributed by atoms with Gasteiger partial charge in [0, 0.05) is 24.9 Å². The number of amides is 3. The first-order valence-electron chi connectivity index (χ1n) is 12.1. The normalized spacial score (nSPS) is 13.1. The number of nitrogens with one attached hydrogen (secondary N) is 3. The number of aromatic nitrogens is 1. The van der Waals surface area contributed by atoms with E-state index in [-0.39, 0.29) is 19.5 Å². The summed E-state index contributed by atoms with van der Waals surface area (Å²) >= 11 is 0. The average Bonchev–Trinajstić information content (AvgIpc) is 2.90. The van der Waals surface area contributed by atoms with Crippen LogP contribution in [-0.4, -0.2) is 53.9 Å². The molecule has 0 radical (unpaired) electrons. The lowest BCUT2D eigenvalue weighted by molar-refractivity contribution is -0.137. The van der Waals surface area contributed by atoms with Crippen LogP contribution in [0.3, 0.4) is 0 Å². The molecule has 3 aromatic rings. The van der Waals surface area contributed by atoms with Crippen molar-refractivity contribution in [1.82, 2.24) is 15.6 Å². The number of alkyl halides is 3. The maximum absolute atomic E-state index is 13.2. The smallest absolute Gasteiger partial charge is 0.351 e. The minimum atomic E-state index is -4.52. The zero-order chi connectivity index (χ0) is 28.6. The van der Waals surface area contributed by atoms with E-state index in [2.05, 4.69) is 20.9 Å². The Balaban J connectivity index is 1.76. The zero-order valence-corrected chi connectivity index (χ0v) is 20.9. The van der Waals surface area contributed by atoms with E-state index >= 15 is 0 Å². The van der Waals surface area contributed by atoms with E-state index in [0.29, 0.717) is 16.8 Å². The Morgan fingerprint density at radius 3 is 2.23 bits per heavy atom. The first-order valence-corrected chi connectivity index (χ1v) is 12.1. The summed E-state index contributed by atoms with van der Waals surface area (Å²) in [6, 6.07) is 10.1. The fourth-order valence-corrected chi connectivity index (χ4v) is 3.72. The Bertz CT molecular complexity index is 1300. The highest BCUT2D eigenvalue weighted by atomic mass is 19.4. The van der Waals surface area contributed by atoms with Crippen molar-refractivity contribution in [3.63, 3.8) is 0 Å². The molecule has 0 aliphatic rings. The highest BCUT2D eigenvalue weighted by Gasteiger charge is 2.31. The van der Waals surface area contributed by atoms with E-state index in [9.17, 15) is 27.6 Å². The van der Waals surface area contributed by atoms with Gasteiger partial charge in [0.25, 0.3) is 0 Å². The second kappa shape index (κ2) is 13.1. The average molecular weight is 546 g/mol. The number of hydrogen-bond acceptors (Lipinski definition) is 7. The highest BCUT2D eigenvalue weighted by Crippen LogP contribution is 2.29. The van der Waals surface area contributed by atoms with Gasteiger partial charge in [-0.15, -0.1) is 0 Å². The predicted molar refractivity (Wildman–Crippen MR) is 140 cm³/mol. The third kappa shape index (κ3) is 8.46. The third-order valence-corrected chi connectivity index (χ3v) is 5.89. The summed E-state index contributed by atoms with van der Waals surface area (Å²) in [4.78, 5) is 42.5. The molecule has 39 heavy (non-hydrogen) atoms. The van der Waals surface area contributed by atoms with Crippen LogP contribution in [0.4, 0.5) is 18.9 Å². The largest absolute Gasteiger partial charge is 0.416 e. The number of fused-ring (bicyclic) bond motifs is 1. The molecule has 0 spiro atoms. The molecule has 0 fully saturated rings. The quantitative estimate of drug-likeness (QED) is 0.208. The second-order valence-electron chi connectivity index (χ2n) is 8.91. The number of benzene rings is 2. The van der Waals surface area contributed by atoms with Crippen molar-refractivity contribution >= 4 is 34.3 Å². The Hall–Kier alpha value is -4.07. The van der Waals surface area contributed by atoms with Crippen molar-refractivity contribution in [2.75, 3.05) is 18.4 Å². The predicted octanol–water partition coefficient (Wildman–Crippen LogP) is 1.04. The van der Waals surface area contributed by atoms with Gasteiger partial charge in [0.1, 0.15) is 6.04 Å². The van der Waals surface area contributed by atoms with Crippen molar-refractivity contribution in [2.24, 2.45) is 17.2 Å². The summed E-state index contributed by atoms with van der Waals surface area (Å²) in [7, 11) is 0. The van der Waals surface area contributed by atoms with E-state index in [4.69, 9.17) is 17.2 Å². The molecular weight excluding hydrogens is 515 g/mol. The van der Waals surface area contributed by atoms with E-state index in [0.717, 1.165) is 17.5 Å². The van der Waals surface area contributed by atoms with Gasteiger partial charge < -0.3 is 33.2 Å². The lowest BCUT2D eigenvalue weighted by Gasteiger charge is -2.22. The first kappa shape index (κ1) is 29.5. The minimum Gasteiger partial charge on any atom is -0.351 e. The fraction of sp³-hybridized carbons (Fsp3) is 0.308. The van der Waals surface area contributed by atoms with E-state index < -0.39 is 54.0 Å². The maximum atomic E-state index is 13.2. The second-order valence-corrected chi connectivity index (χ2v) is 8.91. The molecule has 0 aliphatic heterocycles. The number of para-hydroxylation sites is 1. The number of pyridine rings is 1. The monoisotopic (exact) mass is 545 g/mol. The molecular formula is C26H30F3N7O3. The number of rotatable bonds is 11. The van der Waals surface area contributed by atoms with Crippen molar-refractivity contribution in [2.45, 2.75) is 37.1 Å². The van der Waals surface area contributed by atoms with Gasteiger partial charge in [0.05, 0.1) is 41.5 Å². The van der Waals surface area contributed by atoms with Crippen LogP contribution in [0.2, 0.25) is 0 Å². The number of nitrogens with zero attached hydrogens (tertiary/aromatic N) is 1. The van der Waals surface area contributed by atoms with Gasteiger partial charge in [-0.2, -0.15) is 13.2 Å². The summed E-state index contributed by atoms with van der Waals surface area (Å²) in [6.45, 7) is 0.200. The topological polar surface area (TPSA) is 178 Å². The molecule has 0 saturated heterocycles. The lowest BCUT2D eigenvalue weighted by Crippen LogP contribution is -2.53. The molecule has 13 heteroatoms. The molecule has 208 valence electrons. The number of halogens is 3. The van der Waals surface area contributed by atoms with Crippen LogP contribution < -0.4 is 33.2 Å². The van der Waals surface area contributed by atoms with Crippen LogP contribution in [0.25, 0.3) is 10.9 Å². The Morgan fingerprint density at radius 1 is 0.923 bits per heavy atom. The van der Waals surface area contributed by atoms with Crippen molar-refractivity contribution in [1.29, 1.82) is 0 Å². The number of anilines is 1. The molecule has 2 aromatic carbocycles. The summed E-state index contributed by atoms with van der Waals surface area (Å²) in [5.41, 5.74) is 17.5.